The molecule has 1 aliphatic rings. The van der Waals surface area contributed by atoms with Crippen LogP contribution in [0.25, 0.3) is 0 Å². The molecule has 1 fully saturated rings. The van der Waals surface area contributed by atoms with Crippen LogP contribution >= 0.6 is 0 Å². The van der Waals surface area contributed by atoms with Crippen LogP contribution in [0, 0.1) is 11.3 Å². The molecule has 0 aromatic heterocycles. The van der Waals surface area contributed by atoms with E-state index in [0.717, 1.165) is 12.8 Å². The third-order valence-electron chi connectivity index (χ3n) is 3.51. The van der Waals surface area contributed by atoms with Gasteiger partial charge in [0, 0.05) is 26.1 Å². The first-order valence-corrected chi connectivity index (χ1v) is 7.26. The lowest BCUT2D eigenvalue weighted by molar-refractivity contribution is -0.135. The summed E-state index contributed by atoms with van der Waals surface area (Å²) in [4.78, 5) is 25.0. The predicted octanol–water partition coefficient (Wildman–Crippen LogP) is 1.06. The van der Waals surface area contributed by atoms with Crippen LogP contribution in [0.3, 0.4) is 0 Å². The maximum Gasteiger partial charge on any atom is 0.260 e. The number of nitriles is 1. The van der Waals surface area contributed by atoms with Crippen molar-refractivity contribution in [2.45, 2.75) is 25.8 Å². The molecule has 0 saturated carbocycles. The van der Waals surface area contributed by atoms with Crippen LogP contribution in [-0.4, -0.2) is 42.5 Å². The Hall–Kier alpha value is -2.55. The number of nitrogens with one attached hydrogen (secondary N) is 1. The minimum Gasteiger partial charge on any atom is -0.484 e. The van der Waals surface area contributed by atoms with Crippen molar-refractivity contribution in [1.82, 2.24) is 10.2 Å². The number of carbonyl (C=O) groups excluding carboxylic acids is 2. The molecule has 0 radical (unpaired) electrons. The summed E-state index contributed by atoms with van der Waals surface area (Å²) in [5.41, 5.74) is 0.494. The van der Waals surface area contributed by atoms with E-state index in [1.807, 2.05) is 6.07 Å². The predicted molar refractivity (Wildman–Crippen MR) is 80.1 cm³/mol. The second-order valence-electron chi connectivity index (χ2n) is 5.31. The van der Waals surface area contributed by atoms with Gasteiger partial charge in [0.1, 0.15) is 5.75 Å². The van der Waals surface area contributed by atoms with Gasteiger partial charge < -0.3 is 15.0 Å². The maximum absolute atomic E-state index is 12.2. The molecule has 1 heterocycles. The number of benzene rings is 1. The number of carbonyl (C=O) groups is 2. The Morgan fingerprint density at radius 3 is 3.05 bits per heavy atom. The van der Waals surface area contributed by atoms with Crippen molar-refractivity contribution < 1.29 is 14.3 Å². The fourth-order valence-electron chi connectivity index (χ4n) is 2.50. The van der Waals surface area contributed by atoms with E-state index in [2.05, 4.69) is 5.32 Å². The molecule has 1 aromatic rings. The van der Waals surface area contributed by atoms with E-state index in [1.165, 1.54) is 6.92 Å². The number of piperidine rings is 1. The van der Waals surface area contributed by atoms with Gasteiger partial charge in [0.25, 0.3) is 5.91 Å². The Morgan fingerprint density at radius 1 is 1.50 bits per heavy atom. The third-order valence-corrected chi connectivity index (χ3v) is 3.51. The summed E-state index contributed by atoms with van der Waals surface area (Å²) in [6.45, 7) is 2.60. The second kappa shape index (κ2) is 7.46. The lowest BCUT2D eigenvalue weighted by Gasteiger charge is -2.32. The van der Waals surface area contributed by atoms with Crippen molar-refractivity contribution in [3.8, 4) is 11.8 Å². The van der Waals surface area contributed by atoms with Gasteiger partial charge in [-0.15, -0.1) is 0 Å². The Balaban J connectivity index is 1.86. The summed E-state index contributed by atoms with van der Waals surface area (Å²) in [6.07, 6.45) is 1.75. The van der Waals surface area contributed by atoms with Gasteiger partial charge in [-0.3, -0.25) is 9.59 Å². The largest absolute Gasteiger partial charge is 0.484 e. The van der Waals surface area contributed by atoms with Crippen molar-refractivity contribution >= 4 is 11.8 Å². The normalized spacial score (nSPS) is 17.5. The number of hydrogen-bond acceptors (Lipinski definition) is 4. The van der Waals surface area contributed by atoms with E-state index >= 15 is 0 Å². The molecule has 0 aliphatic carbocycles. The van der Waals surface area contributed by atoms with Crippen molar-refractivity contribution in [3.05, 3.63) is 29.8 Å². The standard InChI is InChI=1S/C16H19N3O3/c1-12(20)18-14-5-3-7-19(10-14)16(21)11-22-15-6-2-4-13(8-15)9-17/h2,4,6,8,14H,3,5,7,10-11H2,1H3,(H,18,20). The topological polar surface area (TPSA) is 82.4 Å². The van der Waals surface area contributed by atoms with Gasteiger partial charge in [0.05, 0.1) is 11.6 Å². The summed E-state index contributed by atoms with van der Waals surface area (Å²) in [7, 11) is 0. The van der Waals surface area contributed by atoms with Crippen molar-refractivity contribution in [2.75, 3.05) is 19.7 Å². The van der Waals surface area contributed by atoms with Crippen LogP contribution < -0.4 is 10.1 Å². The molecule has 6 heteroatoms. The number of rotatable bonds is 4. The van der Waals surface area contributed by atoms with Crippen molar-refractivity contribution in [2.24, 2.45) is 0 Å². The number of nitrogens with zero attached hydrogens (tertiary/aromatic N) is 2. The van der Waals surface area contributed by atoms with Gasteiger partial charge in [-0.2, -0.15) is 5.26 Å². The van der Waals surface area contributed by atoms with Gasteiger partial charge in [0.15, 0.2) is 6.61 Å². The molecule has 1 N–H and O–H groups in total. The van der Waals surface area contributed by atoms with Crippen LogP contribution in [0.4, 0.5) is 0 Å². The Morgan fingerprint density at radius 2 is 2.32 bits per heavy atom. The number of amides is 2. The summed E-state index contributed by atoms with van der Waals surface area (Å²) < 4.78 is 5.45. The Labute approximate surface area is 129 Å². The second-order valence-corrected chi connectivity index (χ2v) is 5.31. The lowest BCUT2D eigenvalue weighted by Crippen LogP contribution is -2.50. The number of likely N-dealkylation sites (tertiary alicyclic amines) is 1. The smallest absolute Gasteiger partial charge is 0.260 e. The molecule has 116 valence electrons. The number of ether oxygens (including phenoxy) is 1. The fraction of sp³-hybridized carbons (Fsp3) is 0.438. The van der Waals surface area contributed by atoms with E-state index in [4.69, 9.17) is 10.00 Å². The Kier molecular flexibility index (Phi) is 5.37. The fourth-order valence-corrected chi connectivity index (χ4v) is 2.50. The molecule has 0 bridgehead atoms. The molecule has 2 amide bonds. The molecule has 22 heavy (non-hydrogen) atoms. The van der Waals surface area contributed by atoms with Crippen LogP contribution in [0.5, 0.6) is 5.75 Å². The Bertz CT molecular complexity index is 595. The highest BCUT2D eigenvalue weighted by Crippen LogP contribution is 2.14. The highest BCUT2D eigenvalue weighted by atomic mass is 16.5. The van der Waals surface area contributed by atoms with E-state index in [0.29, 0.717) is 24.4 Å². The summed E-state index contributed by atoms with van der Waals surface area (Å²) in [5.74, 6) is 0.309. The molecule has 6 nitrogen and oxygen atoms in total. The lowest BCUT2D eigenvalue weighted by atomic mass is 10.1. The van der Waals surface area contributed by atoms with Gasteiger partial charge in [-0.1, -0.05) is 6.07 Å². The SMILES string of the molecule is CC(=O)NC1CCCN(C(=O)COc2cccc(C#N)c2)C1. The highest BCUT2D eigenvalue weighted by Gasteiger charge is 2.24. The highest BCUT2D eigenvalue weighted by molar-refractivity contribution is 5.78. The quantitative estimate of drug-likeness (QED) is 0.901. The summed E-state index contributed by atoms with van der Waals surface area (Å²) >= 11 is 0. The number of hydrogen-bond donors (Lipinski definition) is 1. The van der Waals surface area contributed by atoms with Crippen LogP contribution in [0.2, 0.25) is 0 Å². The molecule has 1 aromatic carbocycles. The zero-order chi connectivity index (χ0) is 15.9. The molecule has 1 saturated heterocycles. The minimum absolute atomic E-state index is 0.0112. The van der Waals surface area contributed by atoms with E-state index in [9.17, 15) is 9.59 Å². The van der Waals surface area contributed by atoms with Gasteiger partial charge in [0.2, 0.25) is 5.91 Å². The van der Waals surface area contributed by atoms with Crippen molar-refractivity contribution in [3.63, 3.8) is 0 Å². The van der Waals surface area contributed by atoms with E-state index < -0.39 is 0 Å². The average molecular weight is 301 g/mol. The van der Waals surface area contributed by atoms with E-state index in [-0.39, 0.29) is 24.5 Å². The molecule has 1 unspecified atom stereocenters. The summed E-state index contributed by atoms with van der Waals surface area (Å²) in [6, 6.07) is 8.74. The first-order valence-electron chi connectivity index (χ1n) is 7.26. The van der Waals surface area contributed by atoms with Gasteiger partial charge in [-0.25, -0.2) is 0 Å². The molecule has 2 rings (SSSR count). The summed E-state index contributed by atoms with van der Waals surface area (Å²) in [5, 5.41) is 11.7. The van der Waals surface area contributed by atoms with E-state index in [1.54, 1.807) is 29.2 Å². The van der Waals surface area contributed by atoms with Crippen LogP contribution in [0.15, 0.2) is 24.3 Å². The first-order chi connectivity index (χ1) is 10.6. The minimum atomic E-state index is -0.114. The first kappa shape index (κ1) is 15.8. The van der Waals surface area contributed by atoms with Gasteiger partial charge in [-0.05, 0) is 31.0 Å². The molecular weight excluding hydrogens is 282 g/mol. The van der Waals surface area contributed by atoms with Crippen LogP contribution in [-0.2, 0) is 9.59 Å². The average Bonchev–Trinajstić information content (AvgIpc) is 2.52. The molecular formula is C16H19N3O3. The molecule has 0 spiro atoms. The monoisotopic (exact) mass is 301 g/mol. The maximum atomic E-state index is 12.2. The zero-order valence-electron chi connectivity index (χ0n) is 12.5. The zero-order valence-corrected chi connectivity index (χ0v) is 12.5. The molecule has 1 aliphatic heterocycles. The van der Waals surface area contributed by atoms with Crippen LogP contribution in [0.1, 0.15) is 25.3 Å². The van der Waals surface area contributed by atoms with Crippen molar-refractivity contribution in [1.29, 1.82) is 5.26 Å². The van der Waals surface area contributed by atoms with Gasteiger partial charge >= 0.3 is 0 Å². The third kappa shape index (κ3) is 4.48. The molecule has 1 atom stereocenters.